The number of nitrogens with one attached hydrogen (secondary N) is 3. The van der Waals surface area contributed by atoms with Crippen molar-refractivity contribution in [3.05, 3.63) is 29.3 Å². The average molecular weight is 417 g/mol. The van der Waals surface area contributed by atoms with E-state index in [0.717, 1.165) is 0 Å². The maximum Gasteiger partial charge on any atom is 0.228 e. The summed E-state index contributed by atoms with van der Waals surface area (Å²) in [6.07, 6.45) is -0.651. The van der Waals surface area contributed by atoms with Gasteiger partial charge in [0.2, 0.25) is 9.70 Å². The largest absolute Gasteiger partial charge is 0.339 e. The molecule has 128 valence electrons. The average Bonchev–Trinajstić information content (AvgIpc) is 2.38. The smallest absolute Gasteiger partial charge is 0.228 e. The first-order valence-electron chi connectivity index (χ1n) is 6.77. The molecule has 0 saturated carbocycles. The first-order chi connectivity index (χ1) is 10.6. The predicted octanol–water partition coefficient (Wildman–Crippen LogP) is 4.49. The van der Waals surface area contributed by atoms with Gasteiger partial charge in [-0.25, -0.2) is 0 Å². The van der Waals surface area contributed by atoms with Crippen molar-refractivity contribution in [1.82, 2.24) is 10.6 Å². The third-order valence-corrected chi connectivity index (χ3v) is 3.73. The molecule has 1 atom stereocenters. The lowest BCUT2D eigenvalue weighted by atomic mass is 10.1. The summed E-state index contributed by atoms with van der Waals surface area (Å²) in [5, 5.41) is 9.13. The Morgan fingerprint density at radius 1 is 1.17 bits per heavy atom. The molecule has 1 aromatic rings. The molecule has 0 bridgehead atoms. The molecule has 23 heavy (non-hydrogen) atoms. The Balaban J connectivity index is 2.67. The van der Waals surface area contributed by atoms with Crippen molar-refractivity contribution in [3.63, 3.8) is 0 Å². The van der Waals surface area contributed by atoms with Gasteiger partial charge in [0.15, 0.2) is 5.11 Å². The number of amides is 1. The number of carbonyl (C=O) groups excluding carboxylic acids is 1. The van der Waals surface area contributed by atoms with E-state index in [-0.39, 0.29) is 16.9 Å². The van der Waals surface area contributed by atoms with Crippen LogP contribution in [0.4, 0.5) is 5.69 Å². The van der Waals surface area contributed by atoms with E-state index in [1.165, 1.54) is 0 Å². The Labute approximate surface area is 161 Å². The maximum atomic E-state index is 11.9. The van der Waals surface area contributed by atoms with Gasteiger partial charge in [0.05, 0.1) is 0 Å². The first kappa shape index (κ1) is 20.6. The van der Waals surface area contributed by atoms with Crippen molar-refractivity contribution >= 4 is 75.3 Å². The van der Waals surface area contributed by atoms with E-state index in [1.54, 1.807) is 24.3 Å². The molecule has 4 nitrogen and oxygen atoms in total. The number of halogens is 4. The number of carbonyl (C=O) groups is 1. The zero-order valence-electron chi connectivity index (χ0n) is 12.5. The number of benzene rings is 1. The van der Waals surface area contributed by atoms with Crippen LogP contribution in [-0.4, -0.2) is 21.0 Å². The van der Waals surface area contributed by atoms with Crippen LogP contribution in [0.3, 0.4) is 0 Å². The molecular weight excluding hydrogens is 400 g/mol. The standard InChI is InChI=1S/C14H17Cl4N3OS/c1-8(2)7-11(22)20-12(14(16,17)18)21-13(23)19-10-5-3-9(15)4-6-10/h3-6,8,12H,7H2,1-2H3,(H,20,22)(H2,19,21,23)/t12-/m0/s1. The van der Waals surface area contributed by atoms with Crippen molar-refractivity contribution in [2.24, 2.45) is 5.92 Å². The van der Waals surface area contributed by atoms with Crippen LogP contribution < -0.4 is 16.0 Å². The van der Waals surface area contributed by atoms with E-state index in [9.17, 15) is 4.79 Å². The van der Waals surface area contributed by atoms with Gasteiger partial charge in [-0.3, -0.25) is 4.79 Å². The van der Waals surface area contributed by atoms with Crippen molar-refractivity contribution in [2.45, 2.75) is 30.2 Å². The van der Waals surface area contributed by atoms with Gasteiger partial charge in [-0.05, 0) is 42.4 Å². The Bertz CT molecular complexity index is 546. The van der Waals surface area contributed by atoms with Crippen LogP contribution in [0, 0.1) is 5.92 Å². The normalized spacial score (nSPS) is 12.7. The van der Waals surface area contributed by atoms with Crippen LogP contribution in [0.2, 0.25) is 5.02 Å². The zero-order valence-corrected chi connectivity index (χ0v) is 16.3. The van der Waals surface area contributed by atoms with Crippen molar-refractivity contribution < 1.29 is 4.79 Å². The number of thiocarbonyl (C=S) groups is 1. The van der Waals surface area contributed by atoms with Gasteiger partial charge in [-0.2, -0.15) is 0 Å². The highest BCUT2D eigenvalue weighted by Gasteiger charge is 2.34. The molecule has 0 spiro atoms. The monoisotopic (exact) mass is 415 g/mol. The van der Waals surface area contributed by atoms with E-state index >= 15 is 0 Å². The second kappa shape index (κ2) is 9.14. The van der Waals surface area contributed by atoms with E-state index in [2.05, 4.69) is 16.0 Å². The summed E-state index contributed by atoms with van der Waals surface area (Å²) in [6, 6.07) is 6.92. The van der Waals surface area contributed by atoms with Crippen molar-refractivity contribution in [3.8, 4) is 0 Å². The minimum Gasteiger partial charge on any atom is -0.339 e. The van der Waals surface area contributed by atoms with Gasteiger partial charge in [0.1, 0.15) is 6.17 Å². The highest BCUT2D eigenvalue weighted by atomic mass is 35.6. The van der Waals surface area contributed by atoms with Gasteiger partial charge in [-0.15, -0.1) is 0 Å². The summed E-state index contributed by atoms with van der Waals surface area (Å²) >= 11 is 28.7. The van der Waals surface area contributed by atoms with Crippen LogP contribution in [0.1, 0.15) is 20.3 Å². The highest BCUT2D eigenvalue weighted by Crippen LogP contribution is 2.29. The van der Waals surface area contributed by atoms with Gasteiger partial charge < -0.3 is 16.0 Å². The lowest BCUT2D eigenvalue weighted by molar-refractivity contribution is -0.122. The van der Waals surface area contributed by atoms with Crippen LogP contribution in [0.15, 0.2) is 24.3 Å². The highest BCUT2D eigenvalue weighted by molar-refractivity contribution is 7.80. The minimum absolute atomic E-state index is 0.185. The van der Waals surface area contributed by atoms with Gasteiger partial charge in [0.25, 0.3) is 0 Å². The van der Waals surface area contributed by atoms with Crippen LogP contribution >= 0.6 is 58.6 Å². The molecule has 0 heterocycles. The van der Waals surface area contributed by atoms with Gasteiger partial charge >= 0.3 is 0 Å². The zero-order chi connectivity index (χ0) is 17.6. The van der Waals surface area contributed by atoms with Crippen molar-refractivity contribution in [1.29, 1.82) is 0 Å². The molecule has 1 rings (SSSR count). The second-order valence-electron chi connectivity index (χ2n) is 5.25. The summed E-state index contributed by atoms with van der Waals surface area (Å²) in [7, 11) is 0. The molecule has 1 amide bonds. The Morgan fingerprint density at radius 3 is 2.22 bits per heavy atom. The number of hydrogen-bond acceptors (Lipinski definition) is 2. The number of rotatable bonds is 5. The Hall–Kier alpha value is -0.460. The predicted molar refractivity (Wildman–Crippen MR) is 102 cm³/mol. The molecule has 0 unspecified atom stereocenters. The molecule has 1 aromatic carbocycles. The van der Waals surface area contributed by atoms with Crippen molar-refractivity contribution in [2.75, 3.05) is 5.32 Å². The van der Waals surface area contributed by atoms with E-state index in [1.807, 2.05) is 13.8 Å². The summed E-state index contributed by atoms with van der Waals surface area (Å²) in [5.41, 5.74) is 0.712. The fourth-order valence-corrected chi connectivity index (χ4v) is 2.31. The molecule has 0 aliphatic heterocycles. The van der Waals surface area contributed by atoms with Crippen LogP contribution in [0.25, 0.3) is 0 Å². The summed E-state index contributed by atoms with van der Waals surface area (Å²) in [4.78, 5) is 11.9. The fraction of sp³-hybridized carbons (Fsp3) is 0.429. The minimum atomic E-state index is -1.77. The molecule has 0 fully saturated rings. The quantitative estimate of drug-likeness (QED) is 0.376. The molecule has 0 aliphatic carbocycles. The lowest BCUT2D eigenvalue weighted by Gasteiger charge is -2.28. The maximum absolute atomic E-state index is 11.9. The molecule has 0 aromatic heterocycles. The first-order valence-corrected chi connectivity index (χ1v) is 8.69. The third-order valence-electron chi connectivity index (χ3n) is 2.60. The second-order valence-corrected chi connectivity index (χ2v) is 8.46. The summed E-state index contributed by atoms with van der Waals surface area (Å²) in [6.45, 7) is 3.84. The van der Waals surface area contributed by atoms with Gasteiger partial charge in [0, 0.05) is 17.1 Å². The van der Waals surface area contributed by atoms with Crippen LogP contribution in [-0.2, 0) is 4.79 Å². The SMILES string of the molecule is CC(C)CC(=O)N[C@@H](NC(=S)Nc1ccc(Cl)cc1)C(Cl)(Cl)Cl. The molecule has 3 N–H and O–H groups in total. The molecule has 9 heteroatoms. The molecular formula is C14H17Cl4N3OS. The number of anilines is 1. The topological polar surface area (TPSA) is 53.2 Å². The summed E-state index contributed by atoms with van der Waals surface area (Å²) in [5.74, 6) is -0.0525. The third kappa shape index (κ3) is 8.27. The molecule has 0 aliphatic rings. The Morgan fingerprint density at radius 2 is 1.74 bits per heavy atom. The molecule has 0 radical (unpaired) electrons. The number of alkyl halides is 3. The van der Waals surface area contributed by atoms with Gasteiger partial charge in [-0.1, -0.05) is 60.3 Å². The van der Waals surface area contributed by atoms with E-state index < -0.39 is 9.96 Å². The number of hydrogen-bond donors (Lipinski definition) is 3. The van der Waals surface area contributed by atoms with Crippen LogP contribution in [0.5, 0.6) is 0 Å². The van der Waals surface area contributed by atoms with E-state index in [0.29, 0.717) is 17.1 Å². The summed E-state index contributed by atoms with van der Waals surface area (Å²) < 4.78 is -1.77. The Kier molecular flexibility index (Phi) is 8.18. The van der Waals surface area contributed by atoms with E-state index in [4.69, 9.17) is 58.6 Å². The molecule has 0 saturated heterocycles. The lowest BCUT2D eigenvalue weighted by Crippen LogP contribution is -2.56. The fourth-order valence-electron chi connectivity index (χ4n) is 1.62.